The molecule has 6 heteroatoms. The molecule has 0 aliphatic heterocycles. The van der Waals surface area contributed by atoms with Gasteiger partial charge in [0.15, 0.2) is 0 Å². The van der Waals surface area contributed by atoms with Crippen LogP contribution in [0.1, 0.15) is 49.6 Å². The maximum absolute atomic E-state index is 13.0. The summed E-state index contributed by atoms with van der Waals surface area (Å²) in [4.78, 5) is 17.7. The van der Waals surface area contributed by atoms with Gasteiger partial charge in [0.05, 0.1) is 12.2 Å². The maximum Gasteiger partial charge on any atom is 0.257 e. The lowest BCUT2D eigenvalue weighted by molar-refractivity contribution is 0.0976. The number of nitrogens with one attached hydrogen (secondary N) is 2. The Morgan fingerprint density at radius 2 is 1.45 bits per heavy atom. The van der Waals surface area contributed by atoms with Crippen molar-refractivity contribution < 1.29 is 4.79 Å². The molecule has 1 amide bonds. The van der Waals surface area contributed by atoms with E-state index in [9.17, 15) is 4.79 Å². The Morgan fingerprint density at radius 3 is 1.97 bits per heavy atom. The van der Waals surface area contributed by atoms with Gasteiger partial charge in [0.1, 0.15) is 0 Å². The molecule has 0 spiro atoms. The number of amides is 1. The third-order valence-corrected chi connectivity index (χ3v) is 5.25. The Kier molecular flexibility index (Phi) is 6.59. The van der Waals surface area contributed by atoms with E-state index in [1.54, 1.807) is 0 Å². The molecule has 0 aliphatic rings. The SMILES string of the molecule is Cc1cc(C)cc(NC(=NCc2c(C)nn(C)c2C)NC(=O)c2cc(C)cc(C)c2)c1. The number of carbonyl (C=O) groups excluding carboxylic acids is 1. The number of aryl methyl sites for hydroxylation is 6. The average Bonchev–Trinajstić information content (AvgIpc) is 2.89. The van der Waals surface area contributed by atoms with E-state index in [4.69, 9.17) is 4.99 Å². The summed E-state index contributed by atoms with van der Waals surface area (Å²) in [7, 11) is 1.92. The predicted octanol–water partition coefficient (Wildman–Crippen LogP) is 4.67. The number of anilines is 1. The van der Waals surface area contributed by atoms with Crippen molar-refractivity contribution in [2.24, 2.45) is 12.0 Å². The van der Waals surface area contributed by atoms with Gasteiger partial charge in [-0.15, -0.1) is 0 Å². The van der Waals surface area contributed by atoms with Crippen LogP contribution in [-0.2, 0) is 13.6 Å². The van der Waals surface area contributed by atoms with Crippen molar-refractivity contribution >= 4 is 17.6 Å². The number of benzene rings is 2. The normalized spacial score (nSPS) is 11.5. The molecule has 6 nitrogen and oxygen atoms in total. The van der Waals surface area contributed by atoms with Crippen LogP contribution in [0.25, 0.3) is 0 Å². The number of nitrogens with zero attached hydrogens (tertiary/aromatic N) is 3. The third kappa shape index (κ3) is 5.60. The summed E-state index contributed by atoms with van der Waals surface area (Å²) in [5.41, 5.74) is 8.94. The Bertz CT molecular complexity index is 1120. The van der Waals surface area contributed by atoms with Crippen LogP contribution in [0.15, 0.2) is 41.4 Å². The standard InChI is InChI=1S/C25H31N5O/c1-15-8-16(2)11-21(10-15)24(31)28-25(27-22-12-17(3)9-18(4)13-22)26-14-23-19(5)29-30(7)20(23)6/h8-13H,14H2,1-7H3,(H2,26,27,28,31). The van der Waals surface area contributed by atoms with Crippen molar-refractivity contribution in [1.82, 2.24) is 15.1 Å². The van der Waals surface area contributed by atoms with E-state index in [-0.39, 0.29) is 5.91 Å². The summed E-state index contributed by atoms with van der Waals surface area (Å²) < 4.78 is 1.85. The van der Waals surface area contributed by atoms with Crippen LogP contribution in [0.4, 0.5) is 5.69 Å². The van der Waals surface area contributed by atoms with Crippen molar-refractivity contribution in [1.29, 1.82) is 0 Å². The number of aliphatic imine (C=N–C) groups is 1. The van der Waals surface area contributed by atoms with E-state index in [0.29, 0.717) is 18.1 Å². The number of aromatic nitrogens is 2. The van der Waals surface area contributed by atoms with Gasteiger partial charge in [-0.2, -0.15) is 5.10 Å². The van der Waals surface area contributed by atoms with E-state index in [2.05, 4.69) is 21.8 Å². The molecule has 3 aromatic rings. The predicted molar refractivity (Wildman–Crippen MR) is 127 cm³/mol. The van der Waals surface area contributed by atoms with Crippen molar-refractivity contribution in [2.75, 3.05) is 5.32 Å². The second-order valence-corrected chi connectivity index (χ2v) is 8.27. The minimum absolute atomic E-state index is 0.193. The summed E-state index contributed by atoms with van der Waals surface area (Å²) >= 11 is 0. The molecule has 31 heavy (non-hydrogen) atoms. The molecule has 2 aromatic carbocycles. The Morgan fingerprint density at radius 1 is 0.903 bits per heavy atom. The zero-order chi connectivity index (χ0) is 22.7. The summed E-state index contributed by atoms with van der Waals surface area (Å²) in [5.74, 6) is 0.221. The number of hydrogen-bond acceptors (Lipinski definition) is 3. The first-order valence-corrected chi connectivity index (χ1v) is 10.4. The van der Waals surface area contributed by atoms with Crippen LogP contribution < -0.4 is 10.6 Å². The molecular weight excluding hydrogens is 386 g/mol. The quantitative estimate of drug-likeness (QED) is 0.479. The monoisotopic (exact) mass is 417 g/mol. The molecule has 0 fully saturated rings. The highest BCUT2D eigenvalue weighted by molar-refractivity contribution is 6.10. The lowest BCUT2D eigenvalue weighted by atomic mass is 10.1. The number of guanidine groups is 1. The zero-order valence-corrected chi connectivity index (χ0v) is 19.4. The van der Waals surface area contributed by atoms with Gasteiger partial charge in [-0.3, -0.25) is 14.8 Å². The molecule has 0 radical (unpaired) electrons. The smallest absolute Gasteiger partial charge is 0.257 e. The molecule has 0 unspecified atom stereocenters. The van der Waals surface area contributed by atoms with Gasteiger partial charge in [0.2, 0.25) is 5.96 Å². The molecule has 1 aromatic heterocycles. The first-order valence-electron chi connectivity index (χ1n) is 10.4. The molecule has 1 heterocycles. The second kappa shape index (κ2) is 9.16. The van der Waals surface area contributed by atoms with Crippen LogP contribution in [0.3, 0.4) is 0 Å². The Balaban J connectivity index is 1.91. The fourth-order valence-electron chi connectivity index (χ4n) is 3.78. The van der Waals surface area contributed by atoms with Crippen LogP contribution in [0.2, 0.25) is 0 Å². The maximum atomic E-state index is 13.0. The molecule has 0 aliphatic carbocycles. The molecule has 3 rings (SSSR count). The Labute approximate surface area is 184 Å². The van der Waals surface area contributed by atoms with Crippen molar-refractivity contribution in [3.8, 4) is 0 Å². The highest BCUT2D eigenvalue weighted by atomic mass is 16.1. The summed E-state index contributed by atoms with van der Waals surface area (Å²) in [6, 6.07) is 12.0. The Hall–Kier alpha value is -3.41. The lowest BCUT2D eigenvalue weighted by Gasteiger charge is -2.14. The minimum Gasteiger partial charge on any atom is -0.326 e. The highest BCUT2D eigenvalue weighted by Gasteiger charge is 2.13. The van der Waals surface area contributed by atoms with Gasteiger partial charge < -0.3 is 5.32 Å². The van der Waals surface area contributed by atoms with Crippen molar-refractivity contribution in [2.45, 2.75) is 48.1 Å². The van der Waals surface area contributed by atoms with Gasteiger partial charge >= 0.3 is 0 Å². The van der Waals surface area contributed by atoms with Gasteiger partial charge in [-0.25, -0.2) is 4.99 Å². The number of hydrogen-bond donors (Lipinski definition) is 2. The fourth-order valence-corrected chi connectivity index (χ4v) is 3.78. The molecule has 2 N–H and O–H groups in total. The van der Waals surface area contributed by atoms with Gasteiger partial charge in [0, 0.05) is 29.6 Å². The topological polar surface area (TPSA) is 71.3 Å². The zero-order valence-electron chi connectivity index (χ0n) is 19.4. The fraction of sp³-hybridized carbons (Fsp3) is 0.320. The van der Waals surface area contributed by atoms with Crippen molar-refractivity contribution in [3.05, 3.63) is 81.2 Å². The van der Waals surface area contributed by atoms with Gasteiger partial charge in [-0.1, -0.05) is 23.3 Å². The summed E-state index contributed by atoms with van der Waals surface area (Å²) in [6.45, 7) is 12.5. The largest absolute Gasteiger partial charge is 0.326 e. The molecule has 0 saturated carbocycles. The number of carbonyl (C=O) groups is 1. The van der Waals surface area contributed by atoms with E-state index in [1.165, 1.54) is 0 Å². The summed E-state index contributed by atoms with van der Waals surface area (Å²) in [5, 5.41) is 10.7. The van der Waals surface area contributed by atoms with Crippen LogP contribution in [-0.4, -0.2) is 21.6 Å². The van der Waals surface area contributed by atoms with Crippen LogP contribution in [0, 0.1) is 41.5 Å². The molecule has 0 bridgehead atoms. The molecular formula is C25H31N5O. The average molecular weight is 418 g/mol. The van der Waals surface area contributed by atoms with E-state index < -0.39 is 0 Å². The molecule has 0 atom stereocenters. The highest BCUT2D eigenvalue weighted by Crippen LogP contribution is 2.16. The van der Waals surface area contributed by atoms with Crippen molar-refractivity contribution in [3.63, 3.8) is 0 Å². The first-order chi connectivity index (χ1) is 14.6. The van der Waals surface area contributed by atoms with E-state index in [0.717, 1.165) is 44.9 Å². The van der Waals surface area contributed by atoms with E-state index >= 15 is 0 Å². The van der Waals surface area contributed by atoms with Crippen LogP contribution in [0.5, 0.6) is 0 Å². The second-order valence-electron chi connectivity index (χ2n) is 8.27. The van der Waals surface area contributed by atoms with Crippen LogP contribution >= 0.6 is 0 Å². The third-order valence-electron chi connectivity index (χ3n) is 5.25. The number of rotatable bonds is 4. The lowest BCUT2D eigenvalue weighted by Crippen LogP contribution is -2.36. The summed E-state index contributed by atoms with van der Waals surface area (Å²) in [6.07, 6.45) is 0. The minimum atomic E-state index is -0.193. The van der Waals surface area contributed by atoms with E-state index in [1.807, 2.05) is 83.6 Å². The van der Waals surface area contributed by atoms with Gasteiger partial charge in [0.25, 0.3) is 5.91 Å². The molecule has 162 valence electrons. The molecule has 0 saturated heterocycles. The first kappa shape index (κ1) is 22.3. The van der Waals surface area contributed by atoms with Gasteiger partial charge in [-0.05, 0) is 76.9 Å².